The fourth-order valence-corrected chi connectivity index (χ4v) is 2.05. The number of nitrogens with zero attached hydrogens (tertiary/aromatic N) is 1. The molecule has 0 saturated carbocycles. The number of hydrogen-bond donors (Lipinski definition) is 2. The summed E-state index contributed by atoms with van der Waals surface area (Å²) in [7, 11) is 0. The van der Waals surface area contributed by atoms with Crippen LogP contribution in [0.2, 0.25) is 0 Å². The van der Waals surface area contributed by atoms with Gasteiger partial charge in [-0.05, 0) is 24.3 Å². The van der Waals surface area contributed by atoms with Gasteiger partial charge in [-0.2, -0.15) is 0 Å². The van der Waals surface area contributed by atoms with Crippen LogP contribution in [0.3, 0.4) is 0 Å². The summed E-state index contributed by atoms with van der Waals surface area (Å²) < 4.78 is 26.9. The molecule has 3 rings (SSSR count). The van der Waals surface area contributed by atoms with Gasteiger partial charge >= 0.3 is 0 Å². The average Bonchev–Trinajstić information content (AvgIpc) is 2.44. The second kappa shape index (κ2) is 4.77. The zero-order chi connectivity index (χ0) is 14.1. The van der Waals surface area contributed by atoms with Crippen LogP contribution >= 0.6 is 0 Å². The van der Waals surface area contributed by atoms with Crippen LogP contribution in [0.1, 0.15) is 0 Å². The maximum absolute atomic E-state index is 13.7. The number of aromatic nitrogens is 1. The van der Waals surface area contributed by atoms with Crippen LogP contribution in [-0.4, -0.2) is 4.98 Å². The third-order valence-electron chi connectivity index (χ3n) is 3.00. The second-order valence-electron chi connectivity index (χ2n) is 4.35. The van der Waals surface area contributed by atoms with Gasteiger partial charge in [0.05, 0.1) is 16.9 Å². The van der Waals surface area contributed by atoms with Gasteiger partial charge in [0.25, 0.3) is 0 Å². The molecular formula is C15H11F2N3. The van der Waals surface area contributed by atoms with Gasteiger partial charge in [-0.25, -0.2) is 8.78 Å². The second-order valence-corrected chi connectivity index (χ2v) is 4.35. The van der Waals surface area contributed by atoms with E-state index in [4.69, 9.17) is 5.73 Å². The molecule has 3 nitrogen and oxygen atoms in total. The first-order valence-corrected chi connectivity index (χ1v) is 6.00. The van der Waals surface area contributed by atoms with Gasteiger partial charge in [-0.3, -0.25) is 4.98 Å². The summed E-state index contributed by atoms with van der Waals surface area (Å²) in [6.07, 6.45) is 1.57. The maximum atomic E-state index is 13.7. The smallest absolute Gasteiger partial charge is 0.146 e. The van der Waals surface area contributed by atoms with Crippen molar-refractivity contribution in [1.82, 2.24) is 4.98 Å². The Labute approximate surface area is 114 Å². The Balaban J connectivity index is 2.11. The van der Waals surface area contributed by atoms with Crippen molar-refractivity contribution in [3.05, 3.63) is 60.3 Å². The highest BCUT2D eigenvalue weighted by molar-refractivity contribution is 5.98. The minimum Gasteiger partial charge on any atom is -0.397 e. The number of rotatable bonds is 2. The number of nitrogens with two attached hydrogens (primary N) is 1. The Kier molecular flexibility index (Phi) is 2.95. The lowest BCUT2D eigenvalue weighted by Crippen LogP contribution is -1.97. The molecule has 20 heavy (non-hydrogen) atoms. The number of pyridine rings is 1. The highest BCUT2D eigenvalue weighted by Crippen LogP contribution is 2.29. The summed E-state index contributed by atoms with van der Waals surface area (Å²) in [6, 6.07) is 10.3. The number of fused-ring (bicyclic) bond motifs is 1. The molecule has 0 saturated heterocycles. The van der Waals surface area contributed by atoms with E-state index in [0.29, 0.717) is 16.9 Å². The van der Waals surface area contributed by atoms with E-state index in [0.717, 1.165) is 23.6 Å². The zero-order valence-electron chi connectivity index (χ0n) is 10.4. The number of halogens is 2. The Morgan fingerprint density at radius 3 is 2.70 bits per heavy atom. The molecule has 0 unspecified atom stereocenters. The molecule has 0 aliphatic heterocycles. The van der Waals surface area contributed by atoms with E-state index in [2.05, 4.69) is 10.3 Å². The predicted molar refractivity (Wildman–Crippen MR) is 75.8 cm³/mol. The molecule has 5 heteroatoms. The van der Waals surface area contributed by atoms with Crippen molar-refractivity contribution in [3.63, 3.8) is 0 Å². The quantitative estimate of drug-likeness (QED) is 0.696. The molecule has 2 aromatic carbocycles. The van der Waals surface area contributed by atoms with Gasteiger partial charge in [0.1, 0.15) is 11.6 Å². The summed E-state index contributed by atoms with van der Waals surface area (Å²) >= 11 is 0. The first-order chi connectivity index (χ1) is 9.65. The fourth-order valence-electron chi connectivity index (χ4n) is 2.05. The molecule has 100 valence electrons. The average molecular weight is 271 g/mol. The minimum atomic E-state index is -0.528. The molecule has 0 atom stereocenters. The van der Waals surface area contributed by atoms with Crippen LogP contribution in [0.5, 0.6) is 0 Å². The van der Waals surface area contributed by atoms with Crippen LogP contribution in [0, 0.1) is 11.6 Å². The molecule has 0 spiro atoms. The largest absolute Gasteiger partial charge is 0.397 e. The van der Waals surface area contributed by atoms with Gasteiger partial charge in [-0.1, -0.05) is 12.1 Å². The Bertz CT molecular complexity index is 787. The van der Waals surface area contributed by atoms with Gasteiger partial charge in [0.15, 0.2) is 0 Å². The van der Waals surface area contributed by atoms with Crippen LogP contribution in [0.15, 0.2) is 48.7 Å². The number of anilines is 3. The van der Waals surface area contributed by atoms with Crippen LogP contribution in [-0.2, 0) is 0 Å². The normalized spacial score (nSPS) is 10.7. The number of nitrogen functional groups attached to an aromatic ring is 1. The molecule has 3 aromatic rings. The molecule has 0 radical (unpaired) electrons. The van der Waals surface area contributed by atoms with Gasteiger partial charge in [0.2, 0.25) is 0 Å². The van der Waals surface area contributed by atoms with Crippen molar-refractivity contribution >= 4 is 28.0 Å². The summed E-state index contributed by atoms with van der Waals surface area (Å²) in [4.78, 5) is 4.19. The van der Waals surface area contributed by atoms with Crippen molar-refractivity contribution in [2.24, 2.45) is 0 Å². The van der Waals surface area contributed by atoms with Crippen molar-refractivity contribution < 1.29 is 8.78 Å². The number of hydrogen-bond acceptors (Lipinski definition) is 3. The van der Waals surface area contributed by atoms with Gasteiger partial charge in [0, 0.05) is 23.3 Å². The van der Waals surface area contributed by atoms with E-state index in [1.165, 1.54) is 0 Å². The lowest BCUT2D eigenvalue weighted by atomic mass is 10.1. The van der Waals surface area contributed by atoms with Crippen molar-refractivity contribution in [2.75, 3.05) is 11.1 Å². The van der Waals surface area contributed by atoms with Crippen molar-refractivity contribution in [1.29, 1.82) is 0 Å². The molecule has 0 fully saturated rings. The van der Waals surface area contributed by atoms with Crippen LogP contribution in [0.25, 0.3) is 10.9 Å². The molecule has 3 N–H and O–H groups in total. The molecule has 0 aliphatic rings. The molecule has 0 aliphatic carbocycles. The van der Waals surface area contributed by atoms with Gasteiger partial charge in [-0.15, -0.1) is 0 Å². The van der Waals surface area contributed by atoms with Crippen LogP contribution in [0.4, 0.5) is 25.8 Å². The third kappa shape index (κ3) is 2.14. The number of para-hydroxylation sites is 1. The predicted octanol–water partition coefficient (Wildman–Crippen LogP) is 3.84. The van der Waals surface area contributed by atoms with E-state index < -0.39 is 11.6 Å². The fraction of sp³-hybridized carbons (Fsp3) is 0. The molecule has 1 aromatic heterocycles. The Morgan fingerprint density at radius 2 is 1.85 bits per heavy atom. The molecular weight excluding hydrogens is 260 g/mol. The molecule has 1 heterocycles. The number of nitrogens with one attached hydrogen (secondary N) is 1. The van der Waals surface area contributed by atoms with Crippen molar-refractivity contribution in [3.8, 4) is 0 Å². The summed E-state index contributed by atoms with van der Waals surface area (Å²) in [5, 5.41) is 3.62. The zero-order valence-corrected chi connectivity index (χ0v) is 10.4. The minimum absolute atomic E-state index is 0.0694. The van der Waals surface area contributed by atoms with E-state index in [1.54, 1.807) is 24.4 Å². The highest BCUT2D eigenvalue weighted by atomic mass is 19.1. The first-order valence-electron chi connectivity index (χ1n) is 6.00. The summed E-state index contributed by atoms with van der Waals surface area (Å²) in [5.41, 5.74) is 7.69. The van der Waals surface area contributed by atoms with E-state index in [1.807, 2.05) is 6.07 Å². The Hall–Kier alpha value is -2.69. The topological polar surface area (TPSA) is 50.9 Å². The standard InChI is InChI=1S/C15H11F2N3/c16-9-4-5-11(17)14(8-9)20-13-6-7-19-15-10(13)2-1-3-12(15)18/h1-8H,18H2,(H,19,20). The van der Waals surface area contributed by atoms with Crippen LogP contribution < -0.4 is 11.1 Å². The van der Waals surface area contributed by atoms with Crippen molar-refractivity contribution in [2.45, 2.75) is 0 Å². The lowest BCUT2D eigenvalue weighted by Gasteiger charge is -2.11. The lowest BCUT2D eigenvalue weighted by molar-refractivity contribution is 0.603. The van der Waals surface area contributed by atoms with E-state index in [9.17, 15) is 8.78 Å². The van der Waals surface area contributed by atoms with E-state index in [-0.39, 0.29) is 5.69 Å². The number of benzene rings is 2. The molecule has 0 bridgehead atoms. The summed E-state index contributed by atoms with van der Waals surface area (Å²) in [5.74, 6) is -1.04. The maximum Gasteiger partial charge on any atom is 0.146 e. The van der Waals surface area contributed by atoms with Gasteiger partial charge < -0.3 is 11.1 Å². The Morgan fingerprint density at radius 1 is 1.00 bits per heavy atom. The SMILES string of the molecule is Nc1cccc2c(Nc3cc(F)ccc3F)ccnc12. The molecule has 0 amide bonds. The summed E-state index contributed by atoms with van der Waals surface area (Å²) in [6.45, 7) is 0. The van der Waals surface area contributed by atoms with E-state index >= 15 is 0 Å². The first kappa shape index (κ1) is 12.3. The third-order valence-corrected chi connectivity index (χ3v) is 3.00. The monoisotopic (exact) mass is 271 g/mol. The highest BCUT2D eigenvalue weighted by Gasteiger charge is 2.08.